The molecule has 1 N–H and O–H groups in total. The Hall–Kier alpha value is -1.92. The largest absolute Gasteiger partial charge is 0.444 e. The third-order valence-electron chi connectivity index (χ3n) is 7.05. The standard InChI is InChI=1S/C25H31Cl2N3O3/c1-24(2,3)32-23(31)30-11-9-25(10-12-30)13-16(14-25)28-21-20(29-33-22(21)15-7-8-15)19-17(26)5-4-6-18(19)27/h4-6,15-16,28H,7-14H2,1-3H3. The van der Waals surface area contributed by atoms with Crippen LogP contribution in [0, 0.1) is 5.41 Å². The first-order chi connectivity index (χ1) is 15.6. The number of nitrogens with one attached hydrogen (secondary N) is 1. The highest BCUT2D eigenvalue weighted by Gasteiger charge is 2.47. The molecule has 2 saturated carbocycles. The number of nitrogens with zero attached hydrogens (tertiary/aromatic N) is 2. The zero-order valence-corrected chi connectivity index (χ0v) is 20.9. The molecule has 1 aromatic heterocycles. The topological polar surface area (TPSA) is 67.6 Å². The SMILES string of the molecule is CC(C)(C)OC(=O)N1CCC2(CC1)CC(Nc1c(-c3c(Cl)cccc3Cl)noc1C1CC1)C2. The summed E-state index contributed by atoms with van der Waals surface area (Å²) >= 11 is 13.0. The molecule has 2 aromatic rings. The number of hydrogen-bond acceptors (Lipinski definition) is 5. The molecule has 1 amide bonds. The average molecular weight is 492 g/mol. The molecule has 0 unspecified atom stereocenters. The number of ether oxygens (including phenoxy) is 1. The number of amides is 1. The highest BCUT2D eigenvalue weighted by Crippen LogP contribution is 2.53. The number of anilines is 1. The predicted octanol–water partition coefficient (Wildman–Crippen LogP) is 7.12. The number of aromatic nitrogens is 1. The Morgan fingerprint density at radius 2 is 1.82 bits per heavy atom. The van der Waals surface area contributed by atoms with E-state index in [4.69, 9.17) is 32.5 Å². The first-order valence-corrected chi connectivity index (χ1v) is 12.6. The van der Waals surface area contributed by atoms with Crippen LogP contribution in [0.5, 0.6) is 0 Å². The number of hydrogen-bond donors (Lipinski definition) is 1. The molecular weight excluding hydrogens is 461 g/mol. The van der Waals surface area contributed by atoms with Gasteiger partial charge in [-0.05, 0) is 76.8 Å². The van der Waals surface area contributed by atoms with E-state index in [0.717, 1.165) is 68.6 Å². The van der Waals surface area contributed by atoms with E-state index in [1.165, 1.54) is 0 Å². The van der Waals surface area contributed by atoms with Gasteiger partial charge in [-0.1, -0.05) is 34.4 Å². The molecule has 6 nitrogen and oxygen atoms in total. The highest BCUT2D eigenvalue weighted by molar-refractivity contribution is 6.39. The molecule has 5 rings (SSSR count). The maximum Gasteiger partial charge on any atom is 0.410 e. The van der Waals surface area contributed by atoms with Crippen LogP contribution in [0.2, 0.25) is 10.0 Å². The fourth-order valence-corrected chi connectivity index (χ4v) is 5.73. The van der Waals surface area contributed by atoms with Crippen LogP contribution in [0.4, 0.5) is 10.5 Å². The van der Waals surface area contributed by atoms with Crippen LogP contribution < -0.4 is 5.32 Å². The zero-order chi connectivity index (χ0) is 23.4. The monoisotopic (exact) mass is 491 g/mol. The van der Waals surface area contributed by atoms with Crippen LogP contribution >= 0.6 is 23.2 Å². The molecule has 33 heavy (non-hydrogen) atoms. The van der Waals surface area contributed by atoms with Crippen LogP contribution in [0.1, 0.15) is 71.0 Å². The van der Waals surface area contributed by atoms with Gasteiger partial charge in [0.25, 0.3) is 0 Å². The van der Waals surface area contributed by atoms with Crippen molar-refractivity contribution in [1.82, 2.24) is 10.1 Å². The van der Waals surface area contributed by atoms with Crippen molar-refractivity contribution in [3.05, 3.63) is 34.0 Å². The third-order valence-corrected chi connectivity index (χ3v) is 7.68. The van der Waals surface area contributed by atoms with Gasteiger partial charge in [-0.25, -0.2) is 4.79 Å². The average Bonchev–Trinajstić information content (AvgIpc) is 3.48. The van der Waals surface area contributed by atoms with E-state index >= 15 is 0 Å². The van der Waals surface area contributed by atoms with E-state index < -0.39 is 5.60 Å². The number of benzene rings is 1. The van der Waals surface area contributed by atoms with Gasteiger partial charge >= 0.3 is 6.09 Å². The van der Waals surface area contributed by atoms with Crippen LogP contribution in [0.15, 0.2) is 22.7 Å². The quantitative estimate of drug-likeness (QED) is 0.492. The lowest BCUT2D eigenvalue weighted by Gasteiger charge is -2.52. The Balaban J connectivity index is 1.25. The molecule has 1 saturated heterocycles. The first-order valence-electron chi connectivity index (χ1n) is 11.8. The molecule has 8 heteroatoms. The maximum absolute atomic E-state index is 12.4. The minimum atomic E-state index is -0.460. The Morgan fingerprint density at radius 1 is 1.18 bits per heavy atom. The van der Waals surface area contributed by atoms with Crippen molar-refractivity contribution in [3.63, 3.8) is 0 Å². The molecule has 0 atom stereocenters. The van der Waals surface area contributed by atoms with Crippen LogP contribution in [-0.2, 0) is 4.74 Å². The lowest BCUT2D eigenvalue weighted by Crippen LogP contribution is -2.53. The number of likely N-dealkylation sites (tertiary alicyclic amines) is 1. The fraction of sp³-hybridized carbons (Fsp3) is 0.600. The van der Waals surface area contributed by atoms with Gasteiger partial charge in [0.15, 0.2) is 5.76 Å². The van der Waals surface area contributed by atoms with Gasteiger partial charge in [0, 0.05) is 30.6 Å². The van der Waals surface area contributed by atoms with Gasteiger partial charge in [0.05, 0.1) is 10.0 Å². The summed E-state index contributed by atoms with van der Waals surface area (Å²) in [6, 6.07) is 5.83. The summed E-state index contributed by atoms with van der Waals surface area (Å²) < 4.78 is 11.3. The van der Waals surface area contributed by atoms with Gasteiger partial charge in [0.2, 0.25) is 0 Å². The molecule has 0 radical (unpaired) electrons. The van der Waals surface area contributed by atoms with Crippen molar-refractivity contribution < 1.29 is 14.1 Å². The second-order valence-electron chi connectivity index (χ2n) is 10.9. The van der Waals surface area contributed by atoms with Crippen molar-refractivity contribution in [2.75, 3.05) is 18.4 Å². The summed E-state index contributed by atoms with van der Waals surface area (Å²) in [6.45, 7) is 7.22. The van der Waals surface area contributed by atoms with Crippen molar-refractivity contribution in [2.24, 2.45) is 5.41 Å². The van der Waals surface area contributed by atoms with E-state index in [-0.39, 0.29) is 11.5 Å². The van der Waals surface area contributed by atoms with Crippen molar-refractivity contribution in [3.8, 4) is 11.3 Å². The normalized spacial score (nSPS) is 20.6. The second-order valence-corrected chi connectivity index (χ2v) is 11.7. The molecule has 1 aromatic carbocycles. The number of carbonyl (C=O) groups excluding carboxylic acids is 1. The van der Waals surface area contributed by atoms with E-state index in [0.29, 0.717) is 27.7 Å². The molecule has 3 fully saturated rings. The molecule has 2 aliphatic carbocycles. The van der Waals surface area contributed by atoms with Gasteiger partial charge in [0.1, 0.15) is 17.0 Å². The van der Waals surface area contributed by atoms with Gasteiger partial charge < -0.3 is 19.5 Å². The molecule has 2 heterocycles. The lowest BCUT2D eigenvalue weighted by atomic mass is 9.60. The minimum Gasteiger partial charge on any atom is -0.444 e. The maximum atomic E-state index is 12.4. The second kappa shape index (κ2) is 8.38. The van der Waals surface area contributed by atoms with E-state index in [1.807, 2.05) is 43.9 Å². The Bertz CT molecular complexity index is 1020. The van der Waals surface area contributed by atoms with Crippen LogP contribution in [-0.4, -0.2) is 40.9 Å². The Morgan fingerprint density at radius 3 is 2.39 bits per heavy atom. The minimum absolute atomic E-state index is 0.203. The smallest absolute Gasteiger partial charge is 0.410 e. The molecule has 178 valence electrons. The summed E-state index contributed by atoms with van der Waals surface area (Å²) in [7, 11) is 0. The van der Waals surface area contributed by atoms with Gasteiger partial charge in [-0.15, -0.1) is 0 Å². The molecule has 3 aliphatic rings. The van der Waals surface area contributed by atoms with E-state index in [2.05, 4.69) is 10.5 Å². The zero-order valence-electron chi connectivity index (χ0n) is 19.4. The molecule has 1 aliphatic heterocycles. The number of rotatable bonds is 4. The summed E-state index contributed by atoms with van der Waals surface area (Å²) in [5.74, 6) is 1.34. The van der Waals surface area contributed by atoms with Crippen molar-refractivity contribution >= 4 is 35.0 Å². The summed E-state index contributed by atoms with van der Waals surface area (Å²) in [5.41, 5.74) is 2.19. The number of halogens is 2. The van der Waals surface area contributed by atoms with E-state index in [9.17, 15) is 4.79 Å². The molecule has 1 spiro atoms. The van der Waals surface area contributed by atoms with Crippen molar-refractivity contribution in [1.29, 1.82) is 0 Å². The summed E-state index contributed by atoms with van der Waals surface area (Å²) in [5, 5.41) is 9.25. The summed E-state index contributed by atoms with van der Waals surface area (Å²) in [4.78, 5) is 14.2. The van der Waals surface area contributed by atoms with E-state index in [1.54, 1.807) is 0 Å². The Labute approximate surface area is 204 Å². The lowest BCUT2D eigenvalue weighted by molar-refractivity contribution is -0.00861. The summed E-state index contributed by atoms with van der Waals surface area (Å²) in [6.07, 6.45) is 6.19. The predicted molar refractivity (Wildman–Crippen MR) is 130 cm³/mol. The van der Waals surface area contributed by atoms with Crippen molar-refractivity contribution in [2.45, 2.75) is 76.9 Å². The van der Waals surface area contributed by atoms with Gasteiger partial charge in [-0.2, -0.15) is 0 Å². The molecular formula is C25H31Cl2N3O3. The number of carbonyl (C=O) groups is 1. The van der Waals surface area contributed by atoms with Crippen LogP contribution in [0.25, 0.3) is 11.3 Å². The first kappa shape index (κ1) is 22.9. The van der Waals surface area contributed by atoms with Crippen LogP contribution in [0.3, 0.4) is 0 Å². The number of piperidine rings is 1. The van der Waals surface area contributed by atoms with Gasteiger partial charge in [-0.3, -0.25) is 0 Å². The highest BCUT2D eigenvalue weighted by atomic mass is 35.5. The Kier molecular flexibility index (Phi) is 5.81. The molecule has 0 bridgehead atoms. The third kappa shape index (κ3) is 4.69. The fourth-order valence-electron chi connectivity index (χ4n) is 5.15.